The number of aryl methyl sites for hydroxylation is 1. The minimum Gasteiger partial charge on any atom is -0.294 e. The summed E-state index contributed by atoms with van der Waals surface area (Å²) in [7, 11) is 0. The zero-order valence-electron chi connectivity index (χ0n) is 13.5. The second kappa shape index (κ2) is 6.49. The van der Waals surface area contributed by atoms with Gasteiger partial charge in [-0.15, -0.1) is 11.3 Å². The van der Waals surface area contributed by atoms with E-state index < -0.39 is 0 Å². The third-order valence-corrected chi connectivity index (χ3v) is 4.76. The molecule has 5 nitrogen and oxygen atoms in total. The molecule has 0 N–H and O–H groups in total. The Kier molecular flexibility index (Phi) is 4.03. The fraction of sp³-hybridized carbons (Fsp3) is 0.105. The maximum absolute atomic E-state index is 12.3. The third kappa shape index (κ3) is 3.29. The van der Waals surface area contributed by atoms with Gasteiger partial charge in [-0.25, -0.2) is 9.97 Å². The van der Waals surface area contributed by atoms with E-state index in [0.29, 0.717) is 11.3 Å². The van der Waals surface area contributed by atoms with Crippen LogP contribution in [0.15, 0.2) is 55.1 Å². The van der Waals surface area contributed by atoms with Gasteiger partial charge in [-0.05, 0) is 37.3 Å². The number of thiazole rings is 1. The molecule has 0 aliphatic heterocycles. The number of Topliss-reactive ketones (excluding diaryl/α,β-unsaturated/α-hetero) is 1. The van der Waals surface area contributed by atoms with Crippen LogP contribution in [0.3, 0.4) is 0 Å². The first kappa shape index (κ1) is 15.5. The van der Waals surface area contributed by atoms with E-state index in [4.69, 9.17) is 4.98 Å². The van der Waals surface area contributed by atoms with E-state index in [1.807, 2.05) is 31.3 Å². The fourth-order valence-corrected chi connectivity index (χ4v) is 3.31. The summed E-state index contributed by atoms with van der Waals surface area (Å²) in [5, 5.41) is 1.96. The van der Waals surface area contributed by atoms with Crippen molar-refractivity contribution in [1.82, 2.24) is 19.9 Å². The normalized spacial score (nSPS) is 10.9. The Balaban J connectivity index is 1.66. The molecule has 0 unspecified atom stereocenters. The summed E-state index contributed by atoms with van der Waals surface area (Å²) in [6.45, 7) is 1.97. The second-order valence-electron chi connectivity index (χ2n) is 5.65. The van der Waals surface area contributed by atoms with Crippen molar-refractivity contribution in [1.29, 1.82) is 0 Å². The van der Waals surface area contributed by atoms with Crippen LogP contribution in [0.1, 0.15) is 21.1 Å². The van der Waals surface area contributed by atoms with E-state index >= 15 is 0 Å². The molecule has 0 aliphatic rings. The fourth-order valence-electron chi connectivity index (χ4n) is 2.57. The van der Waals surface area contributed by atoms with Crippen molar-refractivity contribution in [2.75, 3.05) is 0 Å². The zero-order valence-corrected chi connectivity index (χ0v) is 14.3. The maximum atomic E-state index is 12.3. The number of nitrogens with zero attached hydrogens (tertiary/aromatic N) is 4. The van der Waals surface area contributed by atoms with E-state index in [2.05, 4.69) is 15.0 Å². The number of carbonyl (C=O) groups is 1. The summed E-state index contributed by atoms with van der Waals surface area (Å²) < 4.78 is 0. The summed E-state index contributed by atoms with van der Waals surface area (Å²) in [5.41, 5.74) is 3.00. The minimum atomic E-state index is -0.00538. The lowest BCUT2D eigenvalue weighted by Crippen LogP contribution is -2.05. The molecule has 4 heterocycles. The summed E-state index contributed by atoms with van der Waals surface area (Å²) in [5.74, 6) is -0.00538. The first-order valence-electron chi connectivity index (χ1n) is 7.81. The van der Waals surface area contributed by atoms with Gasteiger partial charge in [0.15, 0.2) is 5.78 Å². The van der Waals surface area contributed by atoms with Gasteiger partial charge in [0.2, 0.25) is 0 Å². The summed E-state index contributed by atoms with van der Waals surface area (Å²) >= 11 is 1.61. The number of hydrogen-bond donors (Lipinski definition) is 0. The van der Waals surface area contributed by atoms with Gasteiger partial charge >= 0.3 is 0 Å². The third-order valence-electron chi connectivity index (χ3n) is 3.83. The standard InChI is InChI=1S/C19H14N4OS/c1-12-21-11-19(25-12)16-5-4-13-10-22-15(7-17(13)23-16)8-18(24)14-3-2-6-20-9-14/h2-7,9-11H,8H2,1H3. The molecule has 0 saturated carbocycles. The Bertz CT molecular complexity index is 1060. The molecule has 4 aromatic rings. The van der Waals surface area contributed by atoms with E-state index in [-0.39, 0.29) is 12.2 Å². The molecule has 0 radical (unpaired) electrons. The maximum Gasteiger partial charge on any atom is 0.170 e. The number of fused-ring (bicyclic) bond motifs is 1. The number of ketones is 1. The molecule has 122 valence electrons. The van der Waals surface area contributed by atoms with Crippen LogP contribution in [-0.4, -0.2) is 25.7 Å². The van der Waals surface area contributed by atoms with Crippen molar-refractivity contribution in [3.05, 3.63) is 71.4 Å². The number of pyridine rings is 3. The van der Waals surface area contributed by atoms with Crippen molar-refractivity contribution >= 4 is 28.0 Å². The van der Waals surface area contributed by atoms with E-state index in [0.717, 1.165) is 26.5 Å². The first-order valence-corrected chi connectivity index (χ1v) is 8.62. The van der Waals surface area contributed by atoms with Crippen LogP contribution in [0.4, 0.5) is 0 Å². The largest absolute Gasteiger partial charge is 0.294 e. The SMILES string of the molecule is Cc1ncc(-c2ccc3cnc(CC(=O)c4cccnc4)cc3n2)s1. The lowest BCUT2D eigenvalue weighted by atomic mass is 10.1. The first-order chi connectivity index (χ1) is 12.2. The molecule has 0 spiro atoms. The highest BCUT2D eigenvalue weighted by Gasteiger charge is 2.10. The topological polar surface area (TPSA) is 68.6 Å². The Labute approximate surface area is 148 Å². The highest BCUT2D eigenvalue weighted by Crippen LogP contribution is 2.26. The number of hydrogen-bond acceptors (Lipinski definition) is 6. The van der Waals surface area contributed by atoms with Gasteiger partial charge < -0.3 is 0 Å². The average molecular weight is 346 g/mol. The molecule has 4 rings (SSSR count). The van der Waals surface area contributed by atoms with Crippen LogP contribution >= 0.6 is 11.3 Å². The van der Waals surface area contributed by atoms with Gasteiger partial charge in [0, 0.05) is 35.7 Å². The van der Waals surface area contributed by atoms with Crippen molar-refractivity contribution < 1.29 is 4.79 Å². The van der Waals surface area contributed by atoms with Crippen LogP contribution in [0.25, 0.3) is 21.5 Å². The zero-order chi connectivity index (χ0) is 17.2. The van der Waals surface area contributed by atoms with Crippen LogP contribution in [0, 0.1) is 6.92 Å². The molecular weight excluding hydrogens is 332 g/mol. The van der Waals surface area contributed by atoms with Gasteiger partial charge in [-0.1, -0.05) is 0 Å². The molecule has 6 heteroatoms. The molecule has 0 saturated heterocycles. The lowest BCUT2D eigenvalue weighted by Gasteiger charge is -2.04. The smallest absolute Gasteiger partial charge is 0.170 e. The predicted octanol–water partition coefficient (Wildman–Crippen LogP) is 3.88. The highest BCUT2D eigenvalue weighted by molar-refractivity contribution is 7.15. The average Bonchev–Trinajstić information content (AvgIpc) is 3.08. The number of carbonyl (C=O) groups excluding carboxylic acids is 1. The molecule has 0 atom stereocenters. The lowest BCUT2D eigenvalue weighted by molar-refractivity contribution is 0.0991. The van der Waals surface area contributed by atoms with E-state index in [9.17, 15) is 4.79 Å². The van der Waals surface area contributed by atoms with Gasteiger partial charge in [0.1, 0.15) is 0 Å². The number of aromatic nitrogens is 4. The van der Waals surface area contributed by atoms with Gasteiger partial charge in [0.05, 0.1) is 33.2 Å². The van der Waals surface area contributed by atoms with E-state index in [1.54, 1.807) is 42.1 Å². The van der Waals surface area contributed by atoms with Crippen LogP contribution in [0.5, 0.6) is 0 Å². The summed E-state index contributed by atoms with van der Waals surface area (Å²) in [6.07, 6.45) is 7.05. The van der Waals surface area contributed by atoms with Crippen molar-refractivity contribution in [3.8, 4) is 10.6 Å². The molecule has 4 aromatic heterocycles. The van der Waals surface area contributed by atoms with Crippen molar-refractivity contribution in [2.24, 2.45) is 0 Å². The molecule has 0 amide bonds. The molecule has 0 aromatic carbocycles. The Hall–Kier alpha value is -2.99. The highest BCUT2D eigenvalue weighted by atomic mass is 32.1. The van der Waals surface area contributed by atoms with Crippen LogP contribution < -0.4 is 0 Å². The van der Waals surface area contributed by atoms with Gasteiger partial charge in [0.25, 0.3) is 0 Å². The molecular formula is C19H14N4OS. The van der Waals surface area contributed by atoms with Gasteiger partial charge in [-0.2, -0.15) is 0 Å². The molecule has 0 aliphatic carbocycles. The minimum absolute atomic E-state index is 0.00538. The quantitative estimate of drug-likeness (QED) is 0.525. The van der Waals surface area contributed by atoms with Crippen LogP contribution in [-0.2, 0) is 6.42 Å². The molecule has 0 fully saturated rings. The Morgan fingerprint density at radius 2 is 2.04 bits per heavy atom. The Morgan fingerprint density at radius 3 is 2.80 bits per heavy atom. The summed E-state index contributed by atoms with van der Waals surface area (Å²) in [4.78, 5) is 30.7. The van der Waals surface area contributed by atoms with Crippen LogP contribution in [0.2, 0.25) is 0 Å². The van der Waals surface area contributed by atoms with Gasteiger partial charge in [-0.3, -0.25) is 14.8 Å². The molecule has 25 heavy (non-hydrogen) atoms. The predicted molar refractivity (Wildman–Crippen MR) is 97.7 cm³/mol. The van der Waals surface area contributed by atoms with E-state index in [1.165, 1.54) is 0 Å². The second-order valence-corrected chi connectivity index (χ2v) is 6.88. The monoisotopic (exact) mass is 346 g/mol. The van der Waals surface area contributed by atoms with Crippen molar-refractivity contribution in [2.45, 2.75) is 13.3 Å². The molecule has 0 bridgehead atoms. The number of rotatable bonds is 4. The summed E-state index contributed by atoms with van der Waals surface area (Å²) in [6, 6.07) is 9.36. The van der Waals surface area contributed by atoms with Crippen molar-refractivity contribution in [3.63, 3.8) is 0 Å². The Morgan fingerprint density at radius 1 is 1.12 bits per heavy atom.